The Morgan fingerprint density at radius 2 is 1.96 bits per heavy atom. The molecule has 2 aromatic rings. The predicted molar refractivity (Wildman–Crippen MR) is 99.8 cm³/mol. The van der Waals surface area contributed by atoms with Gasteiger partial charge in [-0.05, 0) is 49.8 Å². The number of Topliss-reactive ketones (excluding diaryl/α,β-unsaturated/α-hetero) is 1. The molecule has 0 aliphatic carbocycles. The number of ether oxygens (including phenoxy) is 2. The summed E-state index contributed by atoms with van der Waals surface area (Å²) in [7, 11) is 0. The van der Waals surface area contributed by atoms with Gasteiger partial charge in [-0.1, -0.05) is 23.7 Å². The molecule has 26 heavy (non-hydrogen) atoms. The molecule has 0 bridgehead atoms. The predicted octanol–water partition coefficient (Wildman–Crippen LogP) is 4.80. The van der Waals surface area contributed by atoms with Crippen molar-refractivity contribution in [1.29, 1.82) is 0 Å². The molecular weight excluding hydrogens is 354 g/mol. The number of rotatable bonds is 4. The molecule has 0 N–H and O–H groups in total. The topological polar surface area (TPSA) is 55.8 Å². The van der Waals surface area contributed by atoms with Gasteiger partial charge in [0.05, 0.1) is 5.56 Å². The molecule has 1 aliphatic heterocycles. The molecule has 0 saturated carbocycles. The fraction of sp³-hybridized carbons (Fsp3) is 0.200. The van der Waals surface area contributed by atoms with E-state index in [0.717, 1.165) is 5.56 Å². The Balaban J connectivity index is 1.81. The average Bonchev–Trinajstić information content (AvgIpc) is 2.91. The molecule has 0 atom stereocenters. The number of amides is 1. The van der Waals surface area contributed by atoms with Gasteiger partial charge in [0.2, 0.25) is 5.78 Å². The zero-order chi connectivity index (χ0) is 18.7. The average molecular weight is 372 g/mol. The van der Waals surface area contributed by atoms with E-state index in [9.17, 15) is 9.59 Å². The summed E-state index contributed by atoms with van der Waals surface area (Å²) in [6, 6.07) is 11.9. The molecule has 1 amide bonds. The Hall–Kier alpha value is -2.79. The minimum Gasteiger partial charge on any atom is -0.452 e. The molecule has 0 spiro atoms. The zero-order valence-corrected chi connectivity index (χ0v) is 15.2. The van der Waals surface area contributed by atoms with Gasteiger partial charge in [-0.2, -0.15) is 0 Å². The Kier molecular flexibility index (Phi) is 5.28. The first-order valence-electron chi connectivity index (χ1n) is 8.32. The second-order valence-corrected chi connectivity index (χ2v) is 6.13. The van der Waals surface area contributed by atoms with Crippen molar-refractivity contribution in [3.05, 3.63) is 64.4 Å². The monoisotopic (exact) mass is 371 g/mol. The van der Waals surface area contributed by atoms with Crippen LogP contribution in [0.4, 0.5) is 4.79 Å². The number of ketones is 1. The minimum atomic E-state index is -0.436. The lowest BCUT2D eigenvalue weighted by Crippen LogP contribution is -2.33. The van der Waals surface area contributed by atoms with Crippen LogP contribution in [-0.4, -0.2) is 29.9 Å². The van der Waals surface area contributed by atoms with Crippen molar-refractivity contribution >= 4 is 29.6 Å². The smallest absolute Gasteiger partial charge is 0.415 e. The van der Waals surface area contributed by atoms with Crippen LogP contribution in [0, 0.1) is 0 Å². The Morgan fingerprint density at radius 1 is 1.19 bits per heavy atom. The lowest BCUT2D eigenvalue weighted by atomic mass is 10.1. The first kappa shape index (κ1) is 18.0. The summed E-state index contributed by atoms with van der Waals surface area (Å²) in [4.78, 5) is 26.1. The highest BCUT2D eigenvalue weighted by molar-refractivity contribution is 6.30. The second kappa shape index (κ2) is 7.62. The molecule has 0 radical (unpaired) electrons. The first-order valence-corrected chi connectivity index (χ1v) is 8.70. The van der Waals surface area contributed by atoms with Crippen molar-refractivity contribution in [2.75, 3.05) is 13.1 Å². The minimum absolute atomic E-state index is 0.203. The molecule has 0 aromatic heterocycles. The number of fused-ring (bicyclic) bond motifs is 1. The van der Waals surface area contributed by atoms with Crippen LogP contribution in [0.15, 0.2) is 48.2 Å². The number of allylic oxidation sites excluding steroid dienone is 1. The van der Waals surface area contributed by atoms with Gasteiger partial charge in [-0.3, -0.25) is 4.79 Å². The first-order chi connectivity index (χ1) is 12.5. The van der Waals surface area contributed by atoms with Gasteiger partial charge in [-0.25, -0.2) is 4.79 Å². The summed E-state index contributed by atoms with van der Waals surface area (Å²) >= 11 is 5.97. The zero-order valence-electron chi connectivity index (χ0n) is 14.5. The van der Waals surface area contributed by atoms with Gasteiger partial charge in [0, 0.05) is 24.2 Å². The van der Waals surface area contributed by atoms with Crippen LogP contribution in [-0.2, 0) is 0 Å². The number of carbonyl (C=O) groups is 2. The van der Waals surface area contributed by atoms with Gasteiger partial charge in [0.15, 0.2) is 5.76 Å². The summed E-state index contributed by atoms with van der Waals surface area (Å²) in [5.74, 6) is 0.682. The van der Waals surface area contributed by atoms with E-state index in [2.05, 4.69) is 0 Å². The SMILES string of the molecule is CCN(CC)C(=O)Oc1ccc2c(c1)OC(=Cc1cccc(Cl)c1)C2=O. The van der Waals surface area contributed by atoms with Crippen LogP contribution in [0.1, 0.15) is 29.8 Å². The van der Waals surface area contributed by atoms with Crippen molar-refractivity contribution in [1.82, 2.24) is 4.90 Å². The molecule has 5 nitrogen and oxygen atoms in total. The van der Waals surface area contributed by atoms with Crippen molar-refractivity contribution in [2.24, 2.45) is 0 Å². The third-order valence-electron chi connectivity index (χ3n) is 4.01. The number of nitrogens with zero attached hydrogens (tertiary/aromatic N) is 1. The van der Waals surface area contributed by atoms with Crippen molar-refractivity contribution in [2.45, 2.75) is 13.8 Å². The maximum absolute atomic E-state index is 12.5. The highest BCUT2D eigenvalue weighted by Crippen LogP contribution is 2.35. The summed E-state index contributed by atoms with van der Waals surface area (Å²) in [5.41, 5.74) is 1.20. The summed E-state index contributed by atoms with van der Waals surface area (Å²) < 4.78 is 11.0. The van der Waals surface area contributed by atoms with E-state index in [1.165, 1.54) is 0 Å². The fourth-order valence-corrected chi connectivity index (χ4v) is 2.82. The maximum Gasteiger partial charge on any atom is 0.415 e. The third kappa shape index (κ3) is 3.73. The number of hydrogen-bond acceptors (Lipinski definition) is 4. The van der Waals surface area contributed by atoms with E-state index in [0.29, 0.717) is 35.2 Å². The van der Waals surface area contributed by atoms with Gasteiger partial charge < -0.3 is 14.4 Å². The number of halogens is 1. The van der Waals surface area contributed by atoms with Crippen LogP contribution in [0.25, 0.3) is 6.08 Å². The largest absolute Gasteiger partial charge is 0.452 e. The quantitative estimate of drug-likeness (QED) is 0.724. The van der Waals surface area contributed by atoms with E-state index >= 15 is 0 Å². The van der Waals surface area contributed by atoms with E-state index in [4.69, 9.17) is 21.1 Å². The molecule has 134 valence electrons. The Labute approximate surface area is 156 Å². The van der Waals surface area contributed by atoms with Crippen LogP contribution in [0.3, 0.4) is 0 Å². The van der Waals surface area contributed by atoms with Crippen molar-refractivity contribution in [3.8, 4) is 11.5 Å². The van der Waals surface area contributed by atoms with Gasteiger partial charge >= 0.3 is 6.09 Å². The Morgan fingerprint density at radius 3 is 2.65 bits per heavy atom. The summed E-state index contributed by atoms with van der Waals surface area (Å²) in [6.45, 7) is 4.87. The molecule has 1 heterocycles. The molecule has 0 fully saturated rings. The maximum atomic E-state index is 12.5. The molecule has 2 aromatic carbocycles. The van der Waals surface area contributed by atoms with Crippen molar-refractivity contribution < 1.29 is 19.1 Å². The number of carbonyl (C=O) groups excluding carboxylic acids is 2. The Bertz CT molecular complexity index is 887. The van der Waals surface area contributed by atoms with Gasteiger partial charge in [0.1, 0.15) is 11.5 Å². The molecule has 6 heteroatoms. The normalized spacial score (nSPS) is 14.1. The van der Waals surface area contributed by atoms with Gasteiger partial charge in [-0.15, -0.1) is 0 Å². The van der Waals surface area contributed by atoms with E-state index in [1.54, 1.807) is 47.4 Å². The lowest BCUT2D eigenvalue weighted by molar-refractivity contribution is 0.101. The standard InChI is InChI=1S/C20H18ClNO4/c1-3-22(4-2)20(24)25-15-8-9-16-17(12-15)26-18(19(16)23)11-13-6-5-7-14(21)10-13/h5-12H,3-4H2,1-2H3. The molecule has 1 aliphatic rings. The lowest BCUT2D eigenvalue weighted by Gasteiger charge is -2.17. The second-order valence-electron chi connectivity index (χ2n) is 5.69. The molecule has 3 rings (SSSR count). The van der Waals surface area contributed by atoms with E-state index in [-0.39, 0.29) is 11.5 Å². The summed E-state index contributed by atoms with van der Waals surface area (Å²) in [6.07, 6.45) is 1.20. The molecular formula is C20H18ClNO4. The highest BCUT2D eigenvalue weighted by atomic mass is 35.5. The van der Waals surface area contributed by atoms with Crippen LogP contribution >= 0.6 is 11.6 Å². The third-order valence-corrected chi connectivity index (χ3v) is 4.25. The fourth-order valence-electron chi connectivity index (χ4n) is 2.63. The molecule has 0 unspecified atom stereocenters. The number of benzene rings is 2. The van der Waals surface area contributed by atoms with Gasteiger partial charge in [0.25, 0.3) is 0 Å². The van der Waals surface area contributed by atoms with Crippen molar-refractivity contribution in [3.63, 3.8) is 0 Å². The molecule has 0 saturated heterocycles. The summed E-state index contributed by atoms with van der Waals surface area (Å²) in [5, 5.41) is 0.577. The van der Waals surface area contributed by atoms with Crippen LogP contribution < -0.4 is 9.47 Å². The van der Waals surface area contributed by atoms with E-state index in [1.807, 2.05) is 19.9 Å². The number of hydrogen-bond donors (Lipinski definition) is 0. The van der Waals surface area contributed by atoms with Crippen LogP contribution in [0.5, 0.6) is 11.5 Å². The van der Waals surface area contributed by atoms with Crippen LogP contribution in [0.2, 0.25) is 5.02 Å². The highest BCUT2D eigenvalue weighted by Gasteiger charge is 2.28. The van der Waals surface area contributed by atoms with E-state index < -0.39 is 6.09 Å².